The number of hydrogen-bond acceptors (Lipinski definition) is 4. The van der Waals surface area contributed by atoms with E-state index in [-0.39, 0.29) is 4.90 Å². The van der Waals surface area contributed by atoms with E-state index in [2.05, 4.69) is 15.3 Å². The smallest absolute Gasteiger partial charge is 0.242 e. The lowest BCUT2D eigenvalue weighted by molar-refractivity contribution is 0.521. The van der Waals surface area contributed by atoms with Gasteiger partial charge in [-0.25, -0.2) is 17.7 Å². The fraction of sp³-hybridized carbons (Fsp3) is 0.250. The molecule has 6 nitrogen and oxygen atoms in total. The Balaban J connectivity index is 2.16. The van der Waals surface area contributed by atoms with Gasteiger partial charge in [-0.3, -0.25) is 0 Å². The number of H-pyrrole nitrogens is 1. The van der Waals surface area contributed by atoms with Crippen LogP contribution >= 0.6 is 0 Å². The maximum Gasteiger partial charge on any atom is 0.242 e. The Morgan fingerprint density at radius 1 is 1.37 bits per heavy atom. The lowest BCUT2D eigenvalue weighted by atomic mass is 10.3. The zero-order valence-electron chi connectivity index (χ0n) is 10.8. The predicted octanol–water partition coefficient (Wildman–Crippen LogP) is 1.27. The third-order valence-corrected chi connectivity index (χ3v) is 4.46. The van der Waals surface area contributed by atoms with Crippen molar-refractivity contribution in [1.29, 1.82) is 0 Å². The number of anilines is 1. The normalized spacial score (nSPS) is 11.7. The Morgan fingerprint density at radius 2 is 2.16 bits per heavy atom. The molecule has 0 unspecified atom stereocenters. The molecule has 1 aromatic carbocycles. The average molecular weight is 280 g/mol. The van der Waals surface area contributed by atoms with Gasteiger partial charge in [0.25, 0.3) is 0 Å². The van der Waals surface area contributed by atoms with E-state index in [0.717, 1.165) is 11.4 Å². The van der Waals surface area contributed by atoms with Crippen molar-refractivity contribution in [1.82, 2.24) is 14.3 Å². The van der Waals surface area contributed by atoms with Gasteiger partial charge in [-0.1, -0.05) is 6.07 Å². The largest absolute Gasteiger partial charge is 0.379 e. The lowest BCUT2D eigenvalue weighted by Crippen LogP contribution is -2.22. The van der Waals surface area contributed by atoms with Crippen LogP contribution in [-0.2, 0) is 16.6 Å². The molecule has 0 saturated heterocycles. The molecule has 0 fully saturated rings. The van der Waals surface area contributed by atoms with Gasteiger partial charge in [0.15, 0.2) is 0 Å². The summed E-state index contributed by atoms with van der Waals surface area (Å²) in [6.07, 6.45) is 3.32. The molecule has 19 heavy (non-hydrogen) atoms. The molecule has 2 N–H and O–H groups in total. The second-order valence-electron chi connectivity index (χ2n) is 4.25. The first kappa shape index (κ1) is 13.6. The highest BCUT2D eigenvalue weighted by Crippen LogP contribution is 2.18. The van der Waals surface area contributed by atoms with Crippen LogP contribution in [0.1, 0.15) is 5.69 Å². The number of nitrogens with one attached hydrogen (secondary N) is 2. The Labute approximate surface area is 112 Å². The number of hydrogen-bond donors (Lipinski definition) is 2. The molecule has 0 bridgehead atoms. The number of aromatic nitrogens is 2. The Bertz CT molecular complexity index is 636. The van der Waals surface area contributed by atoms with Crippen LogP contribution in [0, 0.1) is 0 Å². The quantitative estimate of drug-likeness (QED) is 0.864. The van der Waals surface area contributed by atoms with E-state index in [1.54, 1.807) is 30.7 Å². The molecule has 1 heterocycles. The summed E-state index contributed by atoms with van der Waals surface area (Å²) in [7, 11) is -0.370. The monoisotopic (exact) mass is 280 g/mol. The molecule has 2 rings (SSSR count). The second kappa shape index (κ2) is 5.41. The Morgan fingerprint density at radius 3 is 2.79 bits per heavy atom. The number of benzene rings is 1. The van der Waals surface area contributed by atoms with Gasteiger partial charge in [0.05, 0.1) is 23.5 Å². The van der Waals surface area contributed by atoms with E-state index in [0.29, 0.717) is 6.54 Å². The maximum atomic E-state index is 12.0. The summed E-state index contributed by atoms with van der Waals surface area (Å²) in [5.74, 6) is 0. The van der Waals surface area contributed by atoms with Crippen molar-refractivity contribution in [3.8, 4) is 0 Å². The number of imidazole rings is 1. The maximum absolute atomic E-state index is 12.0. The molecule has 2 aromatic rings. The zero-order chi connectivity index (χ0) is 13.9. The number of rotatable bonds is 5. The lowest BCUT2D eigenvalue weighted by Gasteiger charge is -2.12. The van der Waals surface area contributed by atoms with Crippen LogP contribution < -0.4 is 5.32 Å². The first-order valence-electron chi connectivity index (χ1n) is 5.74. The van der Waals surface area contributed by atoms with Crippen molar-refractivity contribution in [3.05, 3.63) is 42.5 Å². The topological polar surface area (TPSA) is 78.1 Å². The summed E-state index contributed by atoms with van der Waals surface area (Å²) in [5, 5.41) is 3.14. The van der Waals surface area contributed by atoms with Crippen molar-refractivity contribution < 1.29 is 8.42 Å². The van der Waals surface area contributed by atoms with Crippen molar-refractivity contribution in [2.45, 2.75) is 11.4 Å². The standard InChI is InChI=1S/C12H16N4O2S/c1-16(2)19(17,18)12-5-3-4-10(6-12)14-8-11-7-13-9-15-11/h3-7,9,14H,8H2,1-2H3,(H,13,15). The summed E-state index contributed by atoms with van der Waals surface area (Å²) >= 11 is 0. The van der Waals surface area contributed by atoms with Gasteiger partial charge in [0.2, 0.25) is 10.0 Å². The minimum atomic E-state index is -3.40. The van der Waals surface area contributed by atoms with Crippen LogP contribution in [0.25, 0.3) is 0 Å². The van der Waals surface area contributed by atoms with Gasteiger partial charge in [-0.15, -0.1) is 0 Å². The van der Waals surface area contributed by atoms with E-state index in [4.69, 9.17) is 0 Å². The third-order valence-electron chi connectivity index (χ3n) is 2.65. The van der Waals surface area contributed by atoms with E-state index in [9.17, 15) is 8.42 Å². The molecule has 0 spiro atoms. The molecule has 0 aliphatic heterocycles. The van der Waals surface area contributed by atoms with Crippen LogP contribution in [-0.4, -0.2) is 36.8 Å². The highest BCUT2D eigenvalue weighted by molar-refractivity contribution is 7.89. The van der Waals surface area contributed by atoms with Crippen molar-refractivity contribution in [2.75, 3.05) is 19.4 Å². The number of aromatic amines is 1. The summed E-state index contributed by atoms with van der Waals surface area (Å²) in [6, 6.07) is 6.74. The van der Waals surface area contributed by atoms with Gasteiger partial charge in [-0.2, -0.15) is 0 Å². The Hall–Kier alpha value is -1.86. The molecule has 0 aliphatic rings. The molecule has 0 radical (unpaired) electrons. The van der Waals surface area contributed by atoms with Crippen LogP contribution in [0.2, 0.25) is 0 Å². The molecule has 7 heteroatoms. The average Bonchev–Trinajstić information content (AvgIpc) is 2.89. The van der Waals surface area contributed by atoms with Crippen LogP contribution in [0.5, 0.6) is 0 Å². The fourth-order valence-electron chi connectivity index (χ4n) is 1.56. The van der Waals surface area contributed by atoms with Crippen molar-refractivity contribution in [2.24, 2.45) is 0 Å². The molecule has 0 amide bonds. The second-order valence-corrected chi connectivity index (χ2v) is 6.40. The van der Waals surface area contributed by atoms with Crippen LogP contribution in [0.15, 0.2) is 41.7 Å². The molecule has 0 saturated carbocycles. The molecule has 0 aliphatic carbocycles. The van der Waals surface area contributed by atoms with Crippen molar-refractivity contribution >= 4 is 15.7 Å². The number of sulfonamides is 1. The van der Waals surface area contributed by atoms with Gasteiger partial charge >= 0.3 is 0 Å². The summed E-state index contributed by atoms with van der Waals surface area (Å²) in [4.78, 5) is 7.16. The molecular weight excluding hydrogens is 264 g/mol. The van der Waals surface area contributed by atoms with E-state index in [1.165, 1.54) is 18.4 Å². The highest BCUT2D eigenvalue weighted by atomic mass is 32.2. The van der Waals surface area contributed by atoms with Crippen LogP contribution in [0.4, 0.5) is 5.69 Å². The minimum Gasteiger partial charge on any atom is -0.379 e. The molecular formula is C12H16N4O2S. The SMILES string of the molecule is CN(C)S(=O)(=O)c1cccc(NCc2cnc[nH]2)c1. The van der Waals surface area contributed by atoms with E-state index >= 15 is 0 Å². The summed E-state index contributed by atoms with van der Waals surface area (Å²) in [6.45, 7) is 0.561. The fourth-order valence-corrected chi connectivity index (χ4v) is 2.50. The zero-order valence-corrected chi connectivity index (χ0v) is 11.6. The van der Waals surface area contributed by atoms with E-state index in [1.807, 2.05) is 6.07 Å². The van der Waals surface area contributed by atoms with Crippen molar-refractivity contribution in [3.63, 3.8) is 0 Å². The molecule has 1 aromatic heterocycles. The highest BCUT2D eigenvalue weighted by Gasteiger charge is 2.16. The first-order chi connectivity index (χ1) is 9.00. The summed E-state index contributed by atoms with van der Waals surface area (Å²) < 4.78 is 25.2. The summed E-state index contributed by atoms with van der Waals surface area (Å²) in [5.41, 5.74) is 1.68. The molecule has 0 atom stereocenters. The first-order valence-corrected chi connectivity index (χ1v) is 7.18. The Kier molecular flexibility index (Phi) is 3.87. The van der Waals surface area contributed by atoms with Gasteiger partial charge < -0.3 is 10.3 Å². The van der Waals surface area contributed by atoms with Crippen LogP contribution in [0.3, 0.4) is 0 Å². The minimum absolute atomic E-state index is 0.270. The molecule has 102 valence electrons. The third kappa shape index (κ3) is 3.12. The van der Waals surface area contributed by atoms with Gasteiger partial charge in [0.1, 0.15) is 0 Å². The number of nitrogens with zero attached hydrogens (tertiary/aromatic N) is 2. The van der Waals surface area contributed by atoms with Gasteiger partial charge in [-0.05, 0) is 18.2 Å². The predicted molar refractivity (Wildman–Crippen MR) is 73.2 cm³/mol. The van der Waals surface area contributed by atoms with E-state index < -0.39 is 10.0 Å². The van der Waals surface area contributed by atoms with Gasteiger partial charge in [0, 0.05) is 26.0 Å².